The van der Waals surface area contributed by atoms with Crippen molar-refractivity contribution in [1.29, 1.82) is 0 Å². The zero-order valence-electron chi connectivity index (χ0n) is 13.5. The van der Waals surface area contributed by atoms with Crippen molar-refractivity contribution in [2.24, 2.45) is 44.8 Å². The van der Waals surface area contributed by atoms with Gasteiger partial charge in [0.25, 0.3) is 0 Å². The zero-order chi connectivity index (χ0) is 13.5. The van der Waals surface area contributed by atoms with Gasteiger partial charge in [0.15, 0.2) is 0 Å². The molecule has 0 heteroatoms. The average molecular weight is 258 g/mol. The van der Waals surface area contributed by atoms with E-state index in [1.54, 1.807) is 32.1 Å². The highest BCUT2D eigenvalue weighted by Gasteiger charge is 2.99. The third-order valence-electron chi connectivity index (χ3n) is 10.1. The second kappa shape index (κ2) is 2.57. The van der Waals surface area contributed by atoms with Gasteiger partial charge in [0.05, 0.1) is 0 Å². The van der Waals surface area contributed by atoms with Crippen LogP contribution in [0.2, 0.25) is 0 Å². The summed E-state index contributed by atoms with van der Waals surface area (Å²) in [5, 5.41) is 0. The van der Waals surface area contributed by atoms with E-state index >= 15 is 0 Å². The molecule has 8 atom stereocenters. The van der Waals surface area contributed by atoms with E-state index in [2.05, 4.69) is 34.6 Å². The van der Waals surface area contributed by atoms with Crippen LogP contribution in [0.3, 0.4) is 0 Å². The molecule has 0 aliphatic heterocycles. The van der Waals surface area contributed by atoms with E-state index in [0.29, 0.717) is 0 Å². The van der Waals surface area contributed by atoms with E-state index in [4.69, 9.17) is 0 Å². The molecule has 5 aliphatic rings. The molecule has 0 saturated heterocycles. The Balaban J connectivity index is 1.68. The van der Waals surface area contributed by atoms with Gasteiger partial charge in [0.2, 0.25) is 0 Å². The van der Waals surface area contributed by atoms with Crippen molar-refractivity contribution in [2.45, 2.75) is 73.1 Å². The Hall–Kier alpha value is 0. The Morgan fingerprint density at radius 1 is 1.11 bits per heavy atom. The summed E-state index contributed by atoms with van der Waals surface area (Å²) in [4.78, 5) is 0. The van der Waals surface area contributed by atoms with Gasteiger partial charge in [-0.1, -0.05) is 41.0 Å². The minimum absolute atomic E-state index is 0.751. The molecule has 0 aromatic heterocycles. The molecule has 0 heterocycles. The van der Waals surface area contributed by atoms with Crippen molar-refractivity contribution >= 4 is 0 Å². The Morgan fingerprint density at radius 3 is 2.21 bits per heavy atom. The lowest BCUT2D eigenvalue weighted by Crippen LogP contribution is -2.50. The summed E-state index contributed by atoms with van der Waals surface area (Å²) in [6.45, 7) is 12.9. The summed E-state index contributed by atoms with van der Waals surface area (Å²) in [7, 11) is 0. The van der Waals surface area contributed by atoms with Gasteiger partial charge in [-0.3, -0.25) is 0 Å². The van der Waals surface area contributed by atoms with Gasteiger partial charge in [-0.15, -0.1) is 0 Å². The molecule has 5 rings (SSSR count). The molecule has 0 radical (unpaired) electrons. The molecule has 1 spiro atoms. The Labute approximate surface area is 118 Å². The molecule has 0 N–H and O–H groups in total. The van der Waals surface area contributed by atoms with Crippen LogP contribution in [0.4, 0.5) is 0 Å². The Morgan fingerprint density at radius 2 is 1.79 bits per heavy atom. The van der Waals surface area contributed by atoms with Crippen LogP contribution in [0.1, 0.15) is 73.1 Å². The summed E-state index contributed by atoms with van der Waals surface area (Å²) in [5.74, 6) is 3.14. The summed E-state index contributed by atoms with van der Waals surface area (Å²) >= 11 is 0. The van der Waals surface area contributed by atoms with E-state index in [-0.39, 0.29) is 0 Å². The van der Waals surface area contributed by atoms with Crippen LogP contribution in [-0.2, 0) is 0 Å². The van der Waals surface area contributed by atoms with E-state index in [1.807, 2.05) is 0 Å². The van der Waals surface area contributed by atoms with Crippen molar-refractivity contribution in [1.82, 2.24) is 0 Å². The molecule has 0 amide bonds. The standard InChI is InChI=1S/C19H30/c1-6-12(2)17(19-11-16(19,5)13(19)3)8-7-15(4)9-14-10-18(14,15)17/h12-14H,6-11H2,1-5H3. The molecule has 5 saturated carbocycles. The van der Waals surface area contributed by atoms with Crippen LogP contribution in [0.5, 0.6) is 0 Å². The molecule has 19 heavy (non-hydrogen) atoms. The topological polar surface area (TPSA) is 0 Å². The van der Waals surface area contributed by atoms with Crippen molar-refractivity contribution in [3.63, 3.8) is 0 Å². The van der Waals surface area contributed by atoms with Crippen LogP contribution in [0.25, 0.3) is 0 Å². The molecule has 0 bridgehead atoms. The first-order valence-electron chi connectivity index (χ1n) is 8.86. The highest BCUT2D eigenvalue weighted by molar-refractivity contribution is 5.47. The van der Waals surface area contributed by atoms with Crippen LogP contribution < -0.4 is 0 Å². The van der Waals surface area contributed by atoms with Crippen molar-refractivity contribution < 1.29 is 0 Å². The minimum Gasteiger partial charge on any atom is -0.0651 e. The van der Waals surface area contributed by atoms with Gasteiger partial charge < -0.3 is 0 Å². The molecular formula is C19H30. The Kier molecular flexibility index (Phi) is 1.57. The van der Waals surface area contributed by atoms with Crippen LogP contribution in [0, 0.1) is 44.8 Å². The summed E-state index contributed by atoms with van der Waals surface area (Å²) in [6, 6.07) is 0. The molecule has 0 nitrogen and oxygen atoms in total. The third kappa shape index (κ3) is 0.738. The molecular weight excluding hydrogens is 228 g/mol. The molecule has 8 unspecified atom stereocenters. The van der Waals surface area contributed by atoms with Gasteiger partial charge >= 0.3 is 0 Å². The first kappa shape index (κ1) is 11.6. The van der Waals surface area contributed by atoms with E-state index in [1.165, 1.54) is 6.42 Å². The normalized spacial score (nSPS) is 72.5. The van der Waals surface area contributed by atoms with Gasteiger partial charge in [-0.25, -0.2) is 0 Å². The second-order valence-corrected chi connectivity index (χ2v) is 9.71. The smallest absolute Gasteiger partial charge is 0.0139 e. The van der Waals surface area contributed by atoms with E-state index in [9.17, 15) is 0 Å². The first-order valence-corrected chi connectivity index (χ1v) is 8.86. The maximum Gasteiger partial charge on any atom is -0.0139 e. The number of hydrogen-bond donors (Lipinski definition) is 0. The van der Waals surface area contributed by atoms with Crippen LogP contribution >= 0.6 is 0 Å². The van der Waals surface area contributed by atoms with Gasteiger partial charge in [0.1, 0.15) is 0 Å². The fourth-order valence-electron chi connectivity index (χ4n) is 8.89. The second-order valence-electron chi connectivity index (χ2n) is 9.71. The predicted octanol–water partition coefficient (Wildman–Crippen LogP) is 5.28. The van der Waals surface area contributed by atoms with E-state index < -0.39 is 0 Å². The summed E-state index contributed by atoms with van der Waals surface area (Å²) in [6.07, 6.45) is 9.31. The van der Waals surface area contributed by atoms with Crippen LogP contribution in [0.15, 0.2) is 0 Å². The summed E-state index contributed by atoms with van der Waals surface area (Å²) < 4.78 is 0. The molecule has 0 aromatic carbocycles. The molecule has 0 aromatic rings. The van der Waals surface area contributed by atoms with Gasteiger partial charge in [-0.2, -0.15) is 0 Å². The lowest BCUT2D eigenvalue weighted by Gasteiger charge is -2.55. The fourth-order valence-corrected chi connectivity index (χ4v) is 8.89. The highest BCUT2D eigenvalue weighted by Crippen LogP contribution is 3.05. The largest absolute Gasteiger partial charge is 0.0651 e. The van der Waals surface area contributed by atoms with Gasteiger partial charge in [-0.05, 0) is 76.9 Å². The minimum atomic E-state index is 0.751. The fraction of sp³-hybridized carbons (Fsp3) is 1.00. The molecule has 5 fully saturated rings. The number of hydrogen-bond acceptors (Lipinski definition) is 0. The number of rotatable bonds is 3. The summed E-state index contributed by atoms with van der Waals surface area (Å²) in [5.41, 5.74) is 3.88. The Bertz CT molecular complexity index is 494. The van der Waals surface area contributed by atoms with Crippen molar-refractivity contribution in [3.8, 4) is 0 Å². The van der Waals surface area contributed by atoms with E-state index in [0.717, 1.165) is 44.8 Å². The van der Waals surface area contributed by atoms with Crippen molar-refractivity contribution in [2.75, 3.05) is 0 Å². The molecule has 5 aliphatic carbocycles. The lowest BCUT2D eigenvalue weighted by atomic mass is 9.49. The SMILES string of the molecule is CCC(C)C1(C23CC2(C)C3C)CCC2(C)CC3CC321. The predicted molar refractivity (Wildman–Crippen MR) is 78.7 cm³/mol. The average Bonchev–Trinajstić information content (AvgIpc) is 3.26. The quantitative estimate of drug-likeness (QED) is 0.646. The van der Waals surface area contributed by atoms with Crippen molar-refractivity contribution in [3.05, 3.63) is 0 Å². The van der Waals surface area contributed by atoms with Crippen LogP contribution in [-0.4, -0.2) is 0 Å². The third-order valence-corrected chi connectivity index (χ3v) is 10.1. The number of fused-ring (bicyclic) bond motifs is 1. The maximum absolute atomic E-state index is 2.66. The highest BCUT2D eigenvalue weighted by atomic mass is 15.0. The van der Waals surface area contributed by atoms with Gasteiger partial charge in [0, 0.05) is 0 Å². The first-order chi connectivity index (χ1) is 8.86. The lowest BCUT2D eigenvalue weighted by molar-refractivity contribution is -0.0810. The maximum atomic E-state index is 2.66. The monoisotopic (exact) mass is 258 g/mol. The zero-order valence-corrected chi connectivity index (χ0v) is 13.5. The molecule has 106 valence electrons.